The fourth-order valence-electron chi connectivity index (χ4n) is 1.16. The van der Waals surface area contributed by atoms with Crippen LogP contribution in [-0.4, -0.2) is 10.0 Å². The molecule has 16 heavy (non-hydrogen) atoms. The van der Waals surface area contributed by atoms with E-state index in [1.54, 1.807) is 0 Å². The Balaban J connectivity index is 2.79. The first-order chi connectivity index (χ1) is 7.37. The number of benzene rings is 1. The zero-order valence-corrected chi connectivity index (χ0v) is 12.4. The number of halogens is 1. The van der Waals surface area contributed by atoms with Crippen molar-refractivity contribution in [2.45, 2.75) is 38.9 Å². The van der Waals surface area contributed by atoms with Gasteiger partial charge in [-0.2, -0.15) is 0 Å². The van der Waals surface area contributed by atoms with Crippen LogP contribution in [0.4, 0.5) is 0 Å². The summed E-state index contributed by atoms with van der Waals surface area (Å²) < 4.78 is 0.838. The molecule has 0 aromatic heterocycles. The standard InChI is InChI=1S/C13H19IO2/c1-12(2,3)15-16-13(4,10-14)11-8-6-5-7-9-11/h5-9H,10H2,1-4H3. The Hall–Kier alpha value is -0.130. The first kappa shape index (κ1) is 13.9. The van der Waals surface area contributed by atoms with Crippen molar-refractivity contribution in [1.82, 2.24) is 0 Å². The number of alkyl halides is 1. The molecule has 0 aliphatic carbocycles. The summed E-state index contributed by atoms with van der Waals surface area (Å²) in [4.78, 5) is 11.1. The van der Waals surface area contributed by atoms with Crippen LogP contribution in [0.3, 0.4) is 0 Å². The minimum atomic E-state index is -0.394. The second kappa shape index (κ2) is 5.47. The molecule has 0 aliphatic heterocycles. The number of hydrogen-bond acceptors (Lipinski definition) is 2. The quantitative estimate of drug-likeness (QED) is 0.357. The summed E-state index contributed by atoms with van der Waals surface area (Å²) in [6.07, 6.45) is 0. The Bertz CT molecular complexity index is 318. The Morgan fingerprint density at radius 2 is 1.56 bits per heavy atom. The molecule has 0 fully saturated rings. The first-order valence-corrected chi connectivity index (χ1v) is 6.88. The van der Waals surface area contributed by atoms with E-state index >= 15 is 0 Å². The maximum Gasteiger partial charge on any atom is 0.135 e. The lowest BCUT2D eigenvalue weighted by Gasteiger charge is -2.30. The van der Waals surface area contributed by atoms with Gasteiger partial charge in [-0.25, -0.2) is 9.78 Å². The van der Waals surface area contributed by atoms with Gasteiger partial charge < -0.3 is 0 Å². The summed E-state index contributed by atoms with van der Waals surface area (Å²) in [5, 5.41) is 0. The molecule has 0 saturated heterocycles. The largest absolute Gasteiger partial charge is 0.230 e. The molecule has 0 N–H and O–H groups in total. The molecule has 90 valence electrons. The monoisotopic (exact) mass is 334 g/mol. The van der Waals surface area contributed by atoms with E-state index < -0.39 is 5.60 Å². The van der Waals surface area contributed by atoms with Crippen LogP contribution in [0.2, 0.25) is 0 Å². The van der Waals surface area contributed by atoms with Crippen LogP contribution < -0.4 is 0 Å². The highest BCUT2D eigenvalue weighted by Crippen LogP contribution is 2.29. The van der Waals surface area contributed by atoms with Crippen LogP contribution in [0.15, 0.2) is 30.3 Å². The maximum atomic E-state index is 5.62. The molecule has 1 atom stereocenters. The Morgan fingerprint density at radius 3 is 2.00 bits per heavy atom. The van der Waals surface area contributed by atoms with Crippen LogP contribution in [0.5, 0.6) is 0 Å². The Labute approximate surface area is 111 Å². The molecule has 0 radical (unpaired) electrons. The molecule has 0 saturated carbocycles. The van der Waals surface area contributed by atoms with E-state index in [0.29, 0.717) is 0 Å². The number of hydrogen-bond donors (Lipinski definition) is 0. The normalized spacial score (nSPS) is 15.8. The molecule has 3 heteroatoms. The first-order valence-electron chi connectivity index (χ1n) is 5.36. The molecule has 1 rings (SSSR count). The zero-order chi connectivity index (χ0) is 12.2. The van der Waals surface area contributed by atoms with Crippen molar-refractivity contribution in [1.29, 1.82) is 0 Å². The summed E-state index contributed by atoms with van der Waals surface area (Å²) in [5.41, 5.74) is 0.449. The van der Waals surface area contributed by atoms with Gasteiger partial charge in [0.15, 0.2) is 0 Å². The molecule has 0 aliphatic rings. The second-order valence-electron chi connectivity index (χ2n) is 5.01. The highest BCUT2D eigenvalue weighted by molar-refractivity contribution is 14.1. The van der Waals surface area contributed by atoms with Gasteiger partial charge in [-0.3, -0.25) is 0 Å². The van der Waals surface area contributed by atoms with Gasteiger partial charge in [0.25, 0.3) is 0 Å². The molecule has 0 amide bonds. The topological polar surface area (TPSA) is 18.5 Å². The van der Waals surface area contributed by atoms with Crippen LogP contribution in [0, 0.1) is 0 Å². The van der Waals surface area contributed by atoms with Crippen molar-refractivity contribution in [3.63, 3.8) is 0 Å². The maximum absolute atomic E-state index is 5.62. The van der Waals surface area contributed by atoms with Gasteiger partial charge in [-0.05, 0) is 33.3 Å². The SMILES string of the molecule is CC(C)(C)OOC(C)(CI)c1ccccc1. The van der Waals surface area contributed by atoms with Crippen molar-refractivity contribution in [3.8, 4) is 0 Å². The van der Waals surface area contributed by atoms with Gasteiger partial charge in [0.1, 0.15) is 5.60 Å². The van der Waals surface area contributed by atoms with Gasteiger partial charge in [-0.1, -0.05) is 52.9 Å². The van der Waals surface area contributed by atoms with E-state index in [-0.39, 0.29) is 5.60 Å². The lowest BCUT2D eigenvalue weighted by Crippen LogP contribution is -2.32. The molecule has 0 spiro atoms. The van der Waals surface area contributed by atoms with Crippen LogP contribution in [0.25, 0.3) is 0 Å². The molecular weight excluding hydrogens is 315 g/mol. The predicted octanol–water partition coefficient (Wildman–Crippen LogP) is 4.08. The summed E-state index contributed by atoms with van der Waals surface area (Å²) in [6.45, 7) is 7.98. The highest BCUT2D eigenvalue weighted by atomic mass is 127. The molecule has 2 nitrogen and oxygen atoms in total. The average molecular weight is 334 g/mol. The van der Waals surface area contributed by atoms with Gasteiger partial charge in [-0.15, -0.1) is 0 Å². The fourth-order valence-corrected chi connectivity index (χ4v) is 1.72. The smallest absolute Gasteiger partial charge is 0.135 e. The Morgan fingerprint density at radius 1 is 1.00 bits per heavy atom. The average Bonchev–Trinajstić information content (AvgIpc) is 2.26. The third-order valence-corrected chi connectivity index (χ3v) is 3.57. The lowest BCUT2D eigenvalue weighted by atomic mass is 9.99. The van der Waals surface area contributed by atoms with Gasteiger partial charge in [0, 0.05) is 4.43 Å². The van der Waals surface area contributed by atoms with Crippen LogP contribution >= 0.6 is 22.6 Å². The van der Waals surface area contributed by atoms with E-state index in [2.05, 4.69) is 34.7 Å². The fraction of sp³-hybridized carbons (Fsp3) is 0.538. The Kier molecular flexibility index (Phi) is 4.76. The van der Waals surface area contributed by atoms with E-state index in [1.807, 2.05) is 45.9 Å². The molecule has 1 unspecified atom stereocenters. The van der Waals surface area contributed by atoms with Crippen molar-refractivity contribution in [2.24, 2.45) is 0 Å². The molecular formula is C13H19IO2. The molecule has 1 aromatic rings. The van der Waals surface area contributed by atoms with E-state index in [0.717, 1.165) is 9.99 Å². The lowest BCUT2D eigenvalue weighted by molar-refractivity contribution is -0.399. The summed E-state index contributed by atoms with van der Waals surface area (Å²) >= 11 is 2.32. The third-order valence-electron chi connectivity index (χ3n) is 2.12. The molecule has 1 aromatic carbocycles. The van der Waals surface area contributed by atoms with Crippen molar-refractivity contribution in [3.05, 3.63) is 35.9 Å². The minimum absolute atomic E-state index is 0.290. The highest BCUT2D eigenvalue weighted by Gasteiger charge is 2.29. The minimum Gasteiger partial charge on any atom is -0.230 e. The van der Waals surface area contributed by atoms with E-state index in [1.165, 1.54) is 0 Å². The predicted molar refractivity (Wildman–Crippen MR) is 74.6 cm³/mol. The van der Waals surface area contributed by atoms with E-state index in [9.17, 15) is 0 Å². The van der Waals surface area contributed by atoms with Crippen molar-refractivity contribution >= 4 is 22.6 Å². The van der Waals surface area contributed by atoms with Crippen molar-refractivity contribution < 1.29 is 9.78 Å². The molecule has 0 bridgehead atoms. The van der Waals surface area contributed by atoms with Gasteiger partial charge in [0.05, 0.1) is 5.60 Å². The van der Waals surface area contributed by atoms with E-state index in [4.69, 9.17) is 9.78 Å². The summed E-state index contributed by atoms with van der Waals surface area (Å²) in [7, 11) is 0. The zero-order valence-electron chi connectivity index (χ0n) is 10.3. The van der Waals surface area contributed by atoms with Gasteiger partial charge in [0.2, 0.25) is 0 Å². The van der Waals surface area contributed by atoms with Crippen LogP contribution in [-0.2, 0) is 15.4 Å². The van der Waals surface area contributed by atoms with Crippen LogP contribution in [0.1, 0.15) is 33.3 Å². The molecule has 0 heterocycles. The summed E-state index contributed by atoms with van der Waals surface area (Å²) in [6, 6.07) is 10.2. The van der Waals surface area contributed by atoms with Gasteiger partial charge >= 0.3 is 0 Å². The van der Waals surface area contributed by atoms with Crippen molar-refractivity contribution in [2.75, 3.05) is 4.43 Å². The second-order valence-corrected chi connectivity index (χ2v) is 5.77. The third kappa shape index (κ3) is 4.03. The summed E-state index contributed by atoms with van der Waals surface area (Å²) in [5.74, 6) is 0. The number of rotatable bonds is 4.